The summed E-state index contributed by atoms with van der Waals surface area (Å²) >= 11 is 0. The summed E-state index contributed by atoms with van der Waals surface area (Å²) in [6, 6.07) is 5.87. The van der Waals surface area contributed by atoms with Crippen molar-refractivity contribution in [1.29, 1.82) is 5.26 Å². The van der Waals surface area contributed by atoms with Crippen LogP contribution in [0.25, 0.3) is 11.3 Å². The van der Waals surface area contributed by atoms with Crippen LogP contribution >= 0.6 is 0 Å². The summed E-state index contributed by atoms with van der Waals surface area (Å²) in [6.45, 7) is 5.58. The summed E-state index contributed by atoms with van der Waals surface area (Å²) in [5.41, 5.74) is 5.69. The molecule has 2 aliphatic heterocycles. The molecule has 0 radical (unpaired) electrons. The fraction of sp³-hybridized carbons (Fsp3) is 0.348. The van der Waals surface area contributed by atoms with Crippen LogP contribution in [0.15, 0.2) is 24.4 Å². The first-order valence-electron chi connectivity index (χ1n) is 10.7. The van der Waals surface area contributed by atoms with Gasteiger partial charge in [0.15, 0.2) is 11.5 Å². The van der Waals surface area contributed by atoms with Crippen molar-refractivity contribution in [3.05, 3.63) is 47.0 Å². The van der Waals surface area contributed by atoms with Gasteiger partial charge in [0, 0.05) is 18.2 Å². The normalized spacial score (nSPS) is 17.8. The van der Waals surface area contributed by atoms with Gasteiger partial charge in [-0.25, -0.2) is 14.4 Å². The number of ketones is 1. The van der Waals surface area contributed by atoms with E-state index >= 15 is 0 Å². The number of ether oxygens (including phenoxy) is 3. The molecule has 5 rings (SSSR count). The van der Waals surface area contributed by atoms with Gasteiger partial charge in [0.1, 0.15) is 29.2 Å². The van der Waals surface area contributed by atoms with Crippen molar-refractivity contribution in [2.24, 2.45) is 7.05 Å². The second kappa shape index (κ2) is 8.72. The number of hydrogen-bond acceptors (Lipinski definition) is 9. The Kier molecular flexibility index (Phi) is 5.93. The molecular formula is C23H23FN6O4. The highest BCUT2D eigenvalue weighted by Gasteiger charge is 2.51. The Bertz CT molecular complexity index is 1310. The van der Waals surface area contributed by atoms with Crippen molar-refractivity contribution in [3.8, 4) is 29.1 Å². The van der Waals surface area contributed by atoms with Gasteiger partial charge in [0.25, 0.3) is 5.88 Å². The van der Waals surface area contributed by atoms with Gasteiger partial charge < -0.3 is 19.9 Å². The number of nitriles is 1. The van der Waals surface area contributed by atoms with Gasteiger partial charge in [-0.15, -0.1) is 5.10 Å². The lowest BCUT2D eigenvalue weighted by Crippen LogP contribution is -2.60. The Hall–Kier alpha value is -4.04. The Morgan fingerprint density at radius 3 is 2.68 bits per heavy atom. The minimum absolute atomic E-state index is 0.00401. The summed E-state index contributed by atoms with van der Waals surface area (Å²) in [7, 11) is 1.57. The lowest BCUT2D eigenvalue weighted by Gasteiger charge is -2.39. The second-order valence-electron chi connectivity index (χ2n) is 7.62. The van der Waals surface area contributed by atoms with E-state index in [0.717, 1.165) is 0 Å². The van der Waals surface area contributed by atoms with Crippen LogP contribution in [-0.4, -0.2) is 44.3 Å². The Balaban J connectivity index is 0.00000133. The molecule has 2 aliphatic rings. The van der Waals surface area contributed by atoms with Crippen LogP contribution in [0.4, 0.5) is 10.2 Å². The van der Waals surface area contributed by atoms with Crippen molar-refractivity contribution in [2.75, 3.05) is 18.9 Å². The lowest BCUT2D eigenvalue weighted by molar-refractivity contribution is -0.134. The third-order valence-electron chi connectivity index (χ3n) is 5.51. The molecule has 2 bridgehead atoms. The molecule has 0 aliphatic carbocycles. The number of fused-ring (bicyclic) bond motifs is 5. The first kappa shape index (κ1) is 23.1. The van der Waals surface area contributed by atoms with Gasteiger partial charge >= 0.3 is 0 Å². The standard InChI is InChI=1S/C21H17FN6O4.C2H6/c1-10-13-5-11(22)3-4-12(13)17(29)21(8-30-9-21)32-19-16(15(6-23)28(2)27-19)14-7-25-18(24)20(26-14)31-10;1-2/h3-5,7,10H,8-9H2,1-2H3,(H2,24,25);1-2H3. The van der Waals surface area contributed by atoms with Crippen LogP contribution in [0.1, 0.15) is 48.5 Å². The third kappa shape index (κ3) is 3.62. The monoisotopic (exact) mass is 466 g/mol. The largest absolute Gasteiger partial charge is 0.467 e. The molecule has 3 aromatic rings. The fourth-order valence-corrected chi connectivity index (χ4v) is 3.78. The third-order valence-corrected chi connectivity index (χ3v) is 5.51. The van der Waals surface area contributed by atoms with E-state index < -0.39 is 23.3 Å². The molecule has 0 saturated carbocycles. The quantitative estimate of drug-likeness (QED) is 0.530. The molecule has 1 fully saturated rings. The summed E-state index contributed by atoms with van der Waals surface area (Å²) in [5.74, 6) is -0.956. The molecule has 1 saturated heterocycles. The number of aryl methyl sites for hydroxylation is 1. The van der Waals surface area contributed by atoms with E-state index in [1.807, 2.05) is 13.8 Å². The zero-order valence-corrected chi connectivity index (χ0v) is 19.1. The number of halogens is 1. The molecule has 1 atom stereocenters. The van der Waals surface area contributed by atoms with Crippen molar-refractivity contribution in [2.45, 2.75) is 32.5 Å². The summed E-state index contributed by atoms with van der Waals surface area (Å²) in [4.78, 5) is 22.2. The smallest absolute Gasteiger partial charge is 0.258 e. The number of nitrogen functional groups attached to an aromatic ring is 1. The molecule has 0 amide bonds. The van der Waals surface area contributed by atoms with Crippen LogP contribution in [0.5, 0.6) is 11.8 Å². The van der Waals surface area contributed by atoms with Crippen molar-refractivity contribution >= 4 is 11.6 Å². The molecule has 176 valence electrons. The van der Waals surface area contributed by atoms with E-state index in [2.05, 4.69) is 21.1 Å². The molecular weight excluding hydrogens is 443 g/mol. The van der Waals surface area contributed by atoms with E-state index in [9.17, 15) is 14.4 Å². The van der Waals surface area contributed by atoms with Crippen LogP contribution in [0.3, 0.4) is 0 Å². The number of Topliss-reactive ketones (excluding diaryl/α,β-unsaturated/α-hetero) is 1. The Labute approximate surface area is 195 Å². The number of aromatic nitrogens is 4. The fourth-order valence-electron chi connectivity index (χ4n) is 3.78. The molecule has 1 aromatic carbocycles. The van der Waals surface area contributed by atoms with Gasteiger partial charge in [-0.2, -0.15) is 5.26 Å². The van der Waals surface area contributed by atoms with Gasteiger partial charge in [-0.1, -0.05) is 13.8 Å². The molecule has 10 nitrogen and oxygen atoms in total. The number of carbonyl (C=O) groups excluding carboxylic acids is 1. The number of rotatable bonds is 0. The highest BCUT2D eigenvalue weighted by molar-refractivity contribution is 6.05. The molecule has 1 spiro atoms. The second-order valence-corrected chi connectivity index (χ2v) is 7.62. The highest BCUT2D eigenvalue weighted by Crippen LogP contribution is 2.39. The number of benzene rings is 1. The summed E-state index contributed by atoms with van der Waals surface area (Å²) < 4.78 is 32.8. The number of anilines is 1. The van der Waals surface area contributed by atoms with Crippen LogP contribution in [0, 0.1) is 17.1 Å². The number of nitrogens with zero attached hydrogens (tertiary/aromatic N) is 5. The van der Waals surface area contributed by atoms with E-state index in [-0.39, 0.29) is 53.3 Å². The number of carbonyl (C=O) groups is 1. The Morgan fingerprint density at radius 2 is 2.03 bits per heavy atom. The van der Waals surface area contributed by atoms with Crippen LogP contribution < -0.4 is 15.2 Å². The van der Waals surface area contributed by atoms with Crippen LogP contribution in [-0.2, 0) is 11.8 Å². The van der Waals surface area contributed by atoms with E-state index in [4.69, 9.17) is 19.9 Å². The topological polar surface area (TPSA) is 138 Å². The predicted octanol–water partition coefficient (Wildman–Crippen LogP) is 2.98. The average molecular weight is 466 g/mol. The van der Waals surface area contributed by atoms with Gasteiger partial charge in [0.2, 0.25) is 17.3 Å². The Morgan fingerprint density at radius 1 is 1.29 bits per heavy atom. The average Bonchev–Trinajstić information content (AvgIpc) is 3.12. The SMILES string of the molecule is CC.CC1Oc2nc(cnc2N)-c2c(nn(C)c2C#N)OC2(COC2)C(=O)c2ccc(F)cc21. The number of hydrogen-bond donors (Lipinski definition) is 1. The predicted molar refractivity (Wildman–Crippen MR) is 119 cm³/mol. The minimum atomic E-state index is -1.40. The molecule has 4 heterocycles. The van der Waals surface area contributed by atoms with Gasteiger partial charge in [0.05, 0.1) is 19.4 Å². The van der Waals surface area contributed by atoms with Gasteiger partial charge in [-0.05, 0) is 25.1 Å². The van der Waals surface area contributed by atoms with Crippen molar-refractivity contribution in [3.63, 3.8) is 0 Å². The zero-order valence-electron chi connectivity index (χ0n) is 19.1. The van der Waals surface area contributed by atoms with Crippen molar-refractivity contribution < 1.29 is 23.4 Å². The highest BCUT2D eigenvalue weighted by atomic mass is 19.1. The molecule has 2 aromatic heterocycles. The zero-order chi connectivity index (χ0) is 24.6. The lowest BCUT2D eigenvalue weighted by atomic mass is 9.87. The number of nitrogens with two attached hydrogens (primary N) is 1. The summed E-state index contributed by atoms with van der Waals surface area (Å²) in [6.07, 6.45) is 0.570. The summed E-state index contributed by atoms with van der Waals surface area (Å²) in [5, 5.41) is 14.0. The molecule has 1 unspecified atom stereocenters. The first-order chi connectivity index (χ1) is 16.3. The molecule has 34 heavy (non-hydrogen) atoms. The maximum atomic E-state index is 14.1. The maximum absolute atomic E-state index is 14.1. The van der Waals surface area contributed by atoms with E-state index in [1.54, 1.807) is 14.0 Å². The van der Waals surface area contributed by atoms with E-state index in [1.165, 1.54) is 29.1 Å². The molecule has 2 N–H and O–H groups in total. The molecule has 11 heteroatoms. The van der Waals surface area contributed by atoms with Crippen molar-refractivity contribution in [1.82, 2.24) is 19.7 Å². The van der Waals surface area contributed by atoms with E-state index in [0.29, 0.717) is 5.56 Å². The minimum Gasteiger partial charge on any atom is -0.467 e. The van der Waals surface area contributed by atoms with Crippen LogP contribution in [0.2, 0.25) is 0 Å². The maximum Gasteiger partial charge on any atom is 0.258 e. The van der Waals surface area contributed by atoms with Gasteiger partial charge in [-0.3, -0.25) is 9.48 Å². The first-order valence-corrected chi connectivity index (χ1v) is 10.7.